The summed E-state index contributed by atoms with van der Waals surface area (Å²) in [5, 5.41) is 1.15. The number of hydrogen-bond acceptors (Lipinski definition) is 2. The van der Waals surface area contributed by atoms with Crippen molar-refractivity contribution in [2.45, 2.75) is 39.2 Å². The number of fused-ring (bicyclic) bond motifs is 1. The van der Waals surface area contributed by atoms with Gasteiger partial charge in [0, 0.05) is 30.3 Å². The Balaban J connectivity index is 2.25. The summed E-state index contributed by atoms with van der Waals surface area (Å²) in [5.41, 5.74) is 1.19. The Morgan fingerprint density at radius 1 is 1.05 bits per heavy atom. The predicted molar refractivity (Wildman–Crippen MR) is 79.2 cm³/mol. The van der Waals surface area contributed by atoms with E-state index < -0.39 is 0 Å². The van der Waals surface area contributed by atoms with E-state index in [1.165, 1.54) is 31.2 Å². The molecular formula is C16H23NO2. The number of nitrogens with zero attached hydrogens (tertiary/aromatic N) is 1. The van der Waals surface area contributed by atoms with Crippen LogP contribution in [0.5, 0.6) is 11.5 Å². The maximum Gasteiger partial charge on any atom is 0.131 e. The summed E-state index contributed by atoms with van der Waals surface area (Å²) in [7, 11) is 3.39. The van der Waals surface area contributed by atoms with Crippen molar-refractivity contribution in [1.29, 1.82) is 0 Å². The van der Waals surface area contributed by atoms with Crippen LogP contribution in [0.2, 0.25) is 0 Å². The number of benzene rings is 1. The van der Waals surface area contributed by atoms with Crippen LogP contribution in [0.1, 0.15) is 32.6 Å². The molecule has 0 aliphatic heterocycles. The highest BCUT2D eigenvalue weighted by Crippen LogP contribution is 2.32. The second kappa shape index (κ2) is 6.50. The molecule has 1 aromatic heterocycles. The van der Waals surface area contributed by atoms with Gasteiger partial charge in [0.2, 0.25) is 0 Å². The maximum absolute atomic E-state index is 5.43. The molecule has 0 aliphatic carbocycles. The first-order valence-corrected chi connectivity index (χ1v) is 7.01. The minimum atomic E-state index is 0.845. The Kier molecular flexibility index (Phi) is 4.72. The third kappa shape index (κ3) is 3.03. The van der Waals surface area contributed by atoms with Crippen LogP contribution in [0.25, 0.3) is 10.9 Å². The van der Waals surface area contributed by atoms with Gasteiger partial charge in [-0.05, 0) is 12.5 Å². The van der Waals surface area contributed by atoms with Crippen molar-refractivity contribution in [3.63, 3.8) is 0 Å². The fourth-order valence-electron chi connectivity index (χ4n) is 2.43. The highest BCUT2D eigenvalue weighted by Gasteiger charge is 2.09. The van der Waals surface area contributed by atoms with E-state index in [1.807, 2.05) is 6.07 Å². The molecule has 2 rings (SSSR count). The van der Waals surface area contributed by atoms with E-state index in [0.29, 0.717) is 0 Å². The number of aryl methyl sites for hydroxylation is 1. The van der Waals surface area contributed by atoms with E-state index in [4.69, 9.17) is 9.47 Å². The van der Waals surface area contributed by atoms with E-state index in [0.717, 1.165) is 23.4 Å². The molecule has 0 amide bonds. The molecule has 0 saturated carbocycles. The number of aromatic nitrogens is 1. The number of ether oxygens (including phenoxy) is 2. The lowest BCUT2D eigenvalue weighted by Gasteiger charge is -2.09. The minimum Gasteiger partial charge on any atom is -0.497 e. The molecular weight excluding hydrogens is 238 g/mol. The van der Waals surface area contributed by atoms with Crippen molar-refractivity contribution in [3.8, 4) is 11.5 Å². The van der Waals surface area contributed by atoms with E-state index in [2.05, 4.69) is 29.8 Å². The van der Waals surface area contributed by atoms with Gasteiger partial charge >= 0.3 is 0 Å². The third-order valence-corrected chi connectivity index (χ3v) is 3.53. The first-order chi connectivity index (χ1) is 9.30. The van der Waals surface area contributed by atoms with E-state index in [-0.39, 0.29) is 0 Å². The first-order valence-electron chi connectivity index (χ1n) is 7.01. The summed E-state index contributed by atoms with van der Waals surface area (Å²) in [6, 6.07) is 6.13. The van der Waals surface area contributed by atoms with Crippen LogP contribution in [0.4, 0.5) is 0 Å². The molecule has 0 N–H and O–H groups in total. The molecule has 0 fully saturated rings. The van der Waals surface area contributed by atoms with Gasteiger partial charge in [-0.15, -0.1) is 0 Å². The zero-order valence-electron chi connectivity index (χ0n) is 12.1. The van der Waals surface area contributed by atoms with Crippen molar-refractivity contribution < 1.29 is 9.47 Å². The van der Waals surface area contributed by atoms with Gasteiger partial charge in [0.25, 0.3) is 0 Å². The largest absolute Gasteiger partial charge is 0.497 e. The molecule has 19 heavy (non-hydrogen) atoms. The lowest BCUT2D eigenvalue weighted by Crippen LogP contribution is -1.97. The molecule has 3 heteroatoms. The average molecular weight is 261 g/mol. The second-order valence-electron chi connectivity index (χ2n) is 4.83. The second-order valence-corrected chi connectivity index (χ2v) is 4.83. The van der Waals surface area contributed by atoms with Gasteiger partial charge in [0.15, 0.2) is 0 Å². The molecule has 0 aliphatic rings. The molecule has 0 radical (unpaired) electrons. The van der Waals surface area contributed by atoms with E-state index >= 15 is 0 Å². The first kappa shape index (κ1) is 13.8. The summed E-state index contributed by atoms with van der Waals surface area (Å²) >= 11 is 0. The lowest BCUT2D eigenvalue weighted by atomic mass is 10.2. The van der Waals surface area contributed by atoms with Crippen LogP contribution in [0.3, 0.4) is 0 Å². The number of methoxy groups -OCH3 is 2. The Labute approximate surface area is 115 Å². The highest BCUT2D eigenvalue weighted by atomic mass is 16.5. The van der Waals surface area contributed by atoms with Gasteiger partial charge in [0.1, 0.15) is 11.5 Å². The molecule has 104 valence electrons. The molecule has 0 saturated heterocycles. The van der Waals surface area contributed by atoms with Crippen LogP contribution >= 0.6 is 0 Å². The van der Waals surface area contributed by atoms with Gasteiger partial charge < -0.3 is 14.0 Å². The summed E-state index contributed by atoms with van der Waals surface area (Å²) in [5.74, 6) is 1.72. The third-order valence-electron chi connectivity index (χ3n) is 3.53. The van der Waals surface area contributed by atoms with E-state index in [9.17, 15) is 0 Å². The van der Waals surface area contributed by atoms with Crippen molar-refractivity contribution in [3.05, 3.63) is 24.4 Å². The molecule has 2 aromatic rings. The molecule has 0 spiro atoms. The average Bonchev–Trinajstić information content (AvgIpc) is 2.85. The molecule has 1 heterocycles. The van der Waals surface area contributed by atoms with E-state index in [1.54, 1.807) is 14.2 Å². The summed E-state index contributed by atoms with van der Waals surface area (Å²) in [6.07, 6.45) is 7.23. The SMILES string of the molecule is CCCCCCn1ccc2c(OC)cc(OC)cc21. The molecule has 0 atom stereocenters. The fraction of sp³-hybridized carbons (Fsp3) is 0.500. The fourth-order valence-corrected chi connectivity index (χ4v) is 2.43. The quantitative estimate of drug-likeness (QED) is 0.696. The molecule has 0 unspecified atom stereocenters. The Hall–Kier alpha value is -1.64. The van der Waals surface area contributed by atoms with Crippen LogP contribution < -0.4 is 9.47 Å². The van der Waals surface area contributed by atoms with Crippen molar-refractivity contribution in [2.75, 3.05) is 14.2 Å². The predicted octanol–water partition coefficient (Wildman–Crippen LogP) is 4.24. The van der Waals surface area contributed by atoms with Crippen LogP contribution in [-0.2, 0) is 6.54 Å². The van der Waals surface area contributed by atoms with Crippen molar-refractivity contribution in [1.82, 2.24) is 4.57 Å². The Morgan fingerprint density at radius 2 is 1.89 bits per heavy atom. The lowest BCUT2D eigenvalue weighted by molar-refractivity contribution is 0.397. The molecule has 0 bridgehead atoms. The zero-order chi connectivity index (χ0) is 13.7. The van der Waals surface area contributed by atoms with Crippen molar-refractivity contribution >= 4 is 10.9 Å². The zero-order valence-corrected chi connectivity index (χ0v) is 12.1. The van der Waals surface area contributed by atoms with Gasteiger partial charge in [-0.1, -0.05) is 26.2 Å². The van der Waals surface area contributed by atoms with Crippen LogP contribution in [0, 0.1) is 0 Å². The van der Waals surface area contributed by atoms with Crippen LogP contribution in [0.15, 0.2) is 24.4 Å². The summed E-state index contributed by atoms with van der Waals surface area (Å²) in [6.45, 7) is 3.29. The topological polar surface area (TPSA) is 23.4 Å². The number of unbranched alkanes of at least 4 members (excludes halogenated alkanes) is 3. The minimum absolute atomic E-state index is 0.845. The number of rotatable bonds is 7. The maximum atomic E-state index is 5.43. The Bertz CT molecular complexity index is 531. The normalized spacial score (nSPS) is 10.9. The summed E-state index contributed by atoms with van der Waals surface area (Å²) in [4.78, 5) is 0. The molecule has 1 aromatic carbocycles. The smallest absolute Gasteiger partial charge is 0.131 e. The van der Waals surface area contributed by atoms with Gasteiger partial charge in [-0.25, -0.2) is 0 Å². The highest BCUT2D eigenvalue weighted by molar-refractivity contribution is 5.88. The van der Waals surface area contributed by atoms with Gasteiger partial charge in [-0.2, -0.15) is 0 Å². The standard InChI is InChI=1S/C16H23NO2/c1-4-5-6-7-9-17-10-8-14-15(17)11-13(18-2)12-16(14)19-3/h8,10-12H,4-7,9H2,1-3H3. The number of hydrogen-bond donors (Lipinski definition) is 0. The van der Waals surface area contributed by atoms with Gasteiger partial charge in [-0.3, -0.25) is 0 Å². The molecule has 3 nitrogen and oxygen atoms in total. The Morgan fingerprint density at radius 3 is 2.58 bits per heavy atom. The van der Waals surface area contributed by atoms with Crippen molar-refractivity contribution in [2.24, 2.45) is 0 Å². The van der Waals surface area contributed by atoms with Crippen LogP contribution in [-0.4, -0.2) is 18.8 Å². The van der Waals surface area contributed by atoms with Gasteiger partial charge in [0.05, 0.1) is 19.7 Å². The monoisotopic (exact) mass is 261 g/mol. The summed E-state index contributed by atoms with van der Waals surface area (Å²) < 4.78 is 13.1.